The lowest BCUT2D eigenvalue weighted by Gasteiger charge is -2.14. The average molecular weight is 269 g/mol. The Morgan fingerprint density at radius 1 is 1.40 bits per heavy atom. The summed E-state index contributed by atoms with van der Waals surface area (Å²) in [4.78, 5) is 15.9. The number of hydrogen-bond acceptors (Lipinski definition) is 3. The summed E-state index contributed by atoms with van der Waals surface area (Å²) in [5, 5.41) is 11.4. The Bertz CT molecular complexity index is 662. The highest BCUT2D eigenvalue weighted by Crippen LogP contribution is 2.14. The lowest BCUT2D eigenvalue weighted by Crippen LogP contribution is -2.27. The molecular weight excluding hydrogens is 257 g/mol. The molecule has 0 bridgehead atoms. The molecule has 1 N–H and O–H groups in total. The van der Waals surface area contributed by atoms with Crippen LogP contribution in [0.15, 0.2) is 42.6 Å². The van der Waals surface area contributed by atoms with Gasteiger partial charge in [0.15, 0.2) is 0 Å². The molecule has 0 spiro atoms. The Balaban J connectivity index is 2.09. The normalized spacial score (nSPS) is 11.4. The Hall–Kier alpha value is -2.74. The van der Waals surface area contributed by atoms with E-state index < -0.39 is 0 Å². The lowest BCUT2D eigenvalue weighted by molar-refractivity contribution is 0.0935. The zero-order valence-electron chi connectivity index (χ0n) is 10.8. The molecule has 1 amide bonds. The van der Waals surface area contributed by atoms with Crippen LogP contribution in [0.5, 0.6) is 0 Å². The summed E-state index contributed by atoms with van der Waals surface area (Å²) in [5.41, 5.74) is 1.28. The molecule has 1 atom stereocenters. The van der Waals surface area contributed by atoms with E-state index in [0.717, 1.165) is 0 Å². The van der Waals surface area contributed by atoms with E-state index in [2.05, 4.69) is 10.3 Å². The topological polar surface area (TPSA) is 65.8 Å². The van der Waals surface area contributed by atoms with Crippen molar-refractivity contribution in [3.63, 3.8) is 0 Å². The highest BCUT2D eigenvalue weighted by Gasteiger charge is 2.12. The number of nitrogens with zero attached hydrogens (tertiary/aromatic N) is 2. The van der Waals surface area contributed by atoms with Gasteiger partial charge in [-0.25, -0.2) is 9.37 Å². The quantitative estimate of drug-likeness (QED) is 0.931. The van der Waals surface area contributed by atoms with Gasteiger partial charge in [0.05, 0.1) is 11.6 Å². The molecule has 1 heterocycles. The van der Waals surface area contributed by atoms with Crippen LogP contribution in [0.4, 0.5) is 4.39 Å². The Morgan fingerprint density at radius 2 is 2.20 bits per heavy atom. The van der Waals surface area contributed by atoms with Crippen LogP contribution in [0.2, 0.25) is 0 Å². The molecule has 4 nitrogen and oxygen atoms in total. The number of pyridine rings is 1. The molecule has 0 saturated heterocycles. The minimum Gasteiger partial charge on any atom is -0.344 e. The van der Waals surface area contributed by atoms with Crippen LogP contribution in [0.3, 0.4) is 0 Å². The van der Waals surface area contributed by atoms with Gasteiger partial charge in [0.1, 0.15) is 17.6 Å². The van der Waals surface area contributed by atoms with Crippen LogP contribution in [0.25, 0.3) is 0 Å². The minimum absolute atomic E-state index is 0.215. The fourth-order valence-electron chi connectivity index (χ4n) is 1.72. The van der Waals surface area contributed by atoms with E-state index in [1.165, 1.54) is 30.5 Å². The third kappa shape index (κ3) is 3.18. The van der Waals surface area contributed by atoms with Gasteiger partial charge in [-0.15, -0.1) is 0 Å². The second kappa shape index (κ2) is 5.93. The van der Waals surface area contributed by atoms with E-state index in [4.69, 9.17) is 5.26 Å². The van der Waals surface area contributed by atoms with Gasteiger partial charge in [-0.1, -0.05) is 12.1 Å². The second-order valence-corrected chi connectivity index (χ2v) is 4.29. The molecule has 0 aliphatic rings. The smallest absolute Gasteiger partial charge is 0.270 e. The number of halogens is 1. The maximum atomic E-state index is 13.1. The van der Waals surface area contributed by atoms with E-state index in [0.29, 0.717) is 11.1 Å². The Labute approximate surface area is 115 Å². The molecule has 2 rings (SSSR count). The zero-order valence-corrected chi connectivity index (χ0v) is 10.8. The largest absolute Gasteiger partial charge is 0.344 e. The van der Waals surface area contributed by atoms with E-state index in [1.54, 1.807) is 19.1 Å². The van der Waals surface area contributed by atoms with Crippen LogP contribution in [-0.2, 0) is 0 Å². The Kier molecular flexibility index (Phi) is 4.06. The molecule has 0 aliphatic heterocycles. The van der Waals surface area contributed by atoms with Crippen molar-refractivity contribution in [2.75, 3.05) is 0 Å². The fraction of sp³-hybridized carbons (Fsp3) is 0.133. The van der Waals surface area contributed by atoms with Crippen LogP contribution in [-0.4, -0.2) is 10.9 Å². The summed E-state index contributed by atoms with van der Waals surface area (Å²) < 4.78 is 13.1. The van der Waals surface area contributed by atoms with Crippen LogP contribution < -0.4 is 5.32 Å². The fourth-order valence-corrected chi connectivity index (χ4v) is 1.72. The molecule has 1 aromatic carbocycles. The van der Waals surface area contributed by atoms with Gasteiger partial charge in [0.2, 0.25) is 0 Å². The maximum Gasteiger partial charge on any atom is 0.270 e. The lowest BCUT2D eigenvalue weighted by atomic mass is 10.1. The molecule has 0 saturated carbocycles. The monoisotopic (exact) mass is 269 g/mol. The number of aromatic nitrogens is 1. The van der Waals surface area contributed by atoms with E-state index in [1.807, 2.05) is 6.07 Å². The van der Waals surface area contributed by atoms with Crippen LogP contribution in [0.1, 0.15) is 34.6 Å². The molecule has 1 aromatic heterocycles. The third-order valence-corrected chi connectivity index (χ3v) is 2.82. The summed E-state index contributed by atoms with van der Waals surface area (Å²) in [6.07, 6.45) is 1.34. The summed E-state index contributed by atoms with van der Waals surface area (Å²) in [7, 11) is 0. The molecular formula is C15H12FN3O. The highest BCUT2D eigenvalue weighted by molar-refractivity contribution is 5.92. The first-order valence-electron chi connectivity index (χ1n) is 6.02. The number of benzene rings is 1. The number of hydrogen-bond donors (Lipinski definition) is 1. The first-order valence-corrected chi connectivity index (χ1v) is 6.02. The van der Waals surface area contributed by atoms with Gasteiger partial charge in [-0.2, -0.15) is 5.26 Å². The van der Waals surface area contributed by atoms with Crippen molar-refractivity contribution in [2.45, 2.75) is 13.0 Å². The van der Waals surface area contributed by atoms with Crippen molar-refractivity contribution >= 4 is 5.91 Å². The first-order chi connectivity index (χ1) is 9.60. The van der Waals surface area contributed by atoms with Gasteiger partial charge in [-0.3, -0.25) is 4.79 Å². The predicted octanol–water partition coefficient (Wildman–Crippen LogP) is 2.58. The van der Waals surface area contributed by atoms with Crippen molar-refractivity contribution in [3.8, 4) is 6.07 Å². The number of carbonyl (C=O) groups excluding carboxylic acids is 1. The number of nitrogens with one attached hydrogen (secondary N) is 1. The van der Waals surface area contributed by atoms with E-state index in [9.17, 15) is 9.18 Å². The van der Waals surface area contributed by atoms with Gasteiger partial charge < -0.3 is 5.32 Å². The molecule has 0 radical (unpaired) electrons. The number of rotatable bonds is 3. The van der Waals surface area contributed by atoms with Crippen LogP contribution >= 0.6 is 0 Å². The van der Waals surface area contributed by atoms with Crippen molar-refractivity contribution in [1.82, 2.24) is 10.3 Å². The second-order valence-electron chi connectivity index (χ2n) is 4.29. The summed E-state index contributed by atoms with van der Waals surface area (Å²) >= 11 is 0. The summed E-state index contributed by atoms with van der Waals surface area (Å²) in [6.45, 7) is 1.76. The number of nitriles is 1. The third-order valence-electron chi connectivity index (χ3n) is 2.82. The van der Waals surface area contributed by atoms with Crippen molar-refractivity contribution < 1.29 is 9.18 Å². The summed E-state index contributed by atoms with van der Waals surface area (Å²) in [5.74, 6) is -0.716. The van der Waals surface area contributed by atoms with Gasteiger partial charge in [0, 0.05) is 6.20 Å². The number of carbonyl (C=O) groups is 1. The first kappa shape index (κ1) is 13.7. The van der Waals surface area contributed by atoms with Crippen molar-refractivity contribution in [3.05, 3.63) is 65.2 Å². The standard InChI is InChI=1S/C15H12FN3O/c1-10(12-3-2-4-13(16)7-12)19-15(20)14-6-5-11(8-17)9-18-14/h2-7,9-10H,1H3,(H,19,20). The number of amides is 1. The van der Waals surface area contributed by atoms with Crippen LogP contribution in [0, 0.1) is 17.1 Å². The average Bonchev–Trinajstić information content (AvgIpc) is 2.47. The Morgan fingerprint density at radius 3 is 2.80 bits per heavy atom. The molecule has 1 unspecified atom stereocenters. The SMILES string of the molecule is CC(NC(=O)c1ccc(C#N)cn1)c1cccc(F)c1. The van der Waals surface area contributed by atoms with E-state index in [-0.39, 0.29) is 23.5 Å². The molecule has 100 valence electrons. The molecule has 2 aromatic rings. The molecule has 5 heteroatoms. The van der Waals surface area contributed by atoms with Gasteiger partial charge >= 0.3 is 0 Å². The van der Waals surface area contributed by atoms with Gasteiger partial charge in [-0.05, 0) is 36.8 Å². The molecule has 0 aliphatic carbocycles. The van der Waals surface area contributed by atoms with Gasteiger partial charge in [0.25, 0.3) is 5.91 Å². The molecule has 0 fully saturated rings. The van der Waals surface area contributed by atoms with Crippen molar-refractivity contribution in [1.29, 1.82) is 5.26 Å². The van der Waals surface area contributed by atoms with Crippen molar-refractivity contribution in [2.24, 2.45) is 0 Å². The minimum atomic E-state index is -0.369. The predicted molar refractivity (Wildman–Crippen MR) is 71.2 cm³/mol. The maximum absolute atomic E-state index is 13.1. The molecule has 20 heavy (non-hydrogen) atoms. The highest BCUT2D eigenvalue weighted by atomic mass is 19.1. The van der Waals surface area contributed by atoms with E-state index >= 15 is 0 Å². The zero-order chi connectivity index (χ0) is 14.5. The summed E-state index contributed by atoms with van der Waals surface area (Å²) in [6, 6.07) is 10.6.